The van der Waals surface area contributed by atoms with Gasteiger partial charge in [0.1, 0.15) is 0 Å². The molecule has 0 aliphatic heterocycles. The van der Waals surface area contributed by atoms with Crippen LogP contribution in [0.5, 0.6) is 0 Å². The molecule has 0 aromatic heterocycles. The molecular weight excluding hydrogens is 156 g/mol. The molecule has 0 aromatic carbocycles. The molecule has 1 aliphatic carbocycles. The van der Waals surface area contributed by atoms with Crippen LogP contribution in [-0.4, -0.2) is 0 Å². The Labute approximate surface area is 82.0 Å². The zero-order chi connectivity index (χ0) is 9.52. The molecule has 0 nitrogen and oxygen atoms in total. The van der Waals surface area contributed by atoms with Crippen molar-refractivity contribution in [2.45, 2.75) is 46.0 Å². The maximum absolute atomic E-state index is 2.37. The average Bonchev–Trinajstić information content (AvgIpc) is 2.60. The smallest absolute Gasteiger partial charge is 0.0130 e. The summed E-state index contributed by atoms with van der Waals surface area (Å²) in [6.07, 6.45) is 15.3. The van der Waals surface area contributed by atoms with Gasteiger partial charge in [0.05, 0.1) is 0 Å². The topological polar surface area (TPSA) is 0 Å². The second kappa shape index (κ2) is 5.80. The molecule has 0 fully saturated rings. The Morgan fingerprint density at radius 1 is 1.31 bits per heavy atom. The molecule has 0 radical (unpaired) electrons. The standard InChI is InChI=1S/C13H20/c1-3-5-6-7-8-13-10-9-12(4-2)11-13/h5-6,10-11H,3-4,7-9H2,1-2H3. The third kappa shape index (κ3) is 3.63. The van der Waals surface area contributed by atoms with Gasteiger partial charge in [-0.1, -0.05) is 49.3 Å². The quantitative estimate of drug-likeness (QED) is 0.545. The lowest BCUT2D eigenvalue weighted by Gasteiger charge is -1.94. The number of hydrogen-bond acceptors (Lipinski definition) is 0. The van der Waals surface area contributed by atoms with Gasteiger partial charge in [0, 0.05) is 0 Å². The fourth-order valence-electron chi connectivity index (χ4n) is 1.60. The summed E-state index contributed by atoms with van der Waals surface area (Å²) in [6.45, 7) is 4.42. The van der Waals surface area contributed by atoms with Gasteiger partial charge in [0.15, 0.2) is 0 Å². The van der Waals surface area contributed by atoms with Crippen LogP contribution in [-0.2, 0) is 0 Å². The number of rotatable bonds is 5. The molecule has 0 saturated heterocycles. The first-order valence-corrected chi connectivity index (χ1v) is 5.40. The summed E-state index contributed by atoms with van der Waals surface area (Å²) in [5, 5.41) is 0. The third-order valence-electron chi connectivity index (χ3n) is 2.47. The summed E-state index contributed by atoms with van der Waals surface area (Å²) in [6, 6.07) is 0. The summed E-state index contributed by atoms with van der Waals surface area (Å²) < 4.78 is 0. The molecule has 0 aromatic rings. The second-order valence-electron chi connectivity index (χ2n) is 3.56. The number of hydrogen-bond donors (Lipinski definition) is 0. The lowest BCUT2D eigenvalue weighted by Crippen LogP contribution is -1.74. The average molecular weight is 176 g/mol. The molecule has 13 heavy (non-hydrogen) atoms. The Bertz CT molecular complexity index is 228. The van der Waals surface area contributed by atoms with E-state index >= 15 is 0 Å². The molecule has 0 atom stereocenters. The van der Waals surface area contributed by atoms with Crippen molar-refractivity contribution in [2.75, 3.05) is 0 Å². The highest BCUT2D eigenvalue weighted by atomic mass is 14.1. The van der Waals surface area contributed by atoms with Crippen molar-refractivity contribution in [3.05, 3.63) is 35.5 Å². The molecule has 0 unspecified atom stereocenters. The van der Waals surface area contributed by atoms with E-state index in [0.29, 0.717) is 0 Å². The van der Waals surface area contributed by atoms with Gasteiger partial charge >= 0.3 is 0 Å². The SMILES string of the molecule is CCC=CCCC1=CCC(CC)=C1. The van der Waals surface area contributed by atoms with Gasteiger partial charge in [0.25, 0.3) is 0 Å². The zero-order valence-electron chi connectivity index (χ0n) is 8.84. The molecule has 0 saturated carbocycles. The van der Waals surface area contributed by atoms with E-state index < -0.39 is 0 Å². The van der Waals surface area contributed by atoms with Crippen LogP contribution in [0, 0.1) is 0 Å². The third-order valence-corrected chi connectivity index (χ3v) is 2.47. The van der Waals surface area contributed by atoms with Crippen molar-refractivity contribution < 1.29 is 0 Å². The first-order chi connectivity index (χ1) is 6.36. The molecular formula is C13H20. The minimum atomic E-state index is 1.16. The summed E-state index contributed by atoms with van der Waals surface area (Å²) >= 11 is 0. The van der Waals surface area contributed by atoms with Crippen molar-refractivity contribution in [3.8, 4) is 0 Å². The highest BCUT2D eigenvalue weighted by molar-refractivity contribution is 5.32. The van der Waals surface area contributed by atoms with Crippen LogP contribution >= 0.6 is 0 Å². The van der Waals surface area contributed by atoms with Crippen LogP contribution < -0.4 is 0 Å². The van der Waals surface area contributed by atoms with E-state index in [0.717, 1.165) is 6.42 Å². The highest BCUT2D eigenvalue weighted by Gasteiger charge is 2.03. The Morgan fingerprint density at radius 2 is 2.15 bits per heavy atom. The second-order valence-corrected chi connectivity index (χ2v) is 3.56. The van der Waals surface area contributed by atoms with Crippen molar-refractivity contribution in [2.24, 2.45) is 0 Å². The highest BCUT2D eigenvalue weighted by Crippen LogP contribution is 2.23. The normalized spacial score (nSPS) is 16.5. The predicted octanol–water partition coefficient (Wildman–Crippen LogP) is 4.40. The maximum atomic E-state index is 2.37. The van der Waals surface area contributed by atoms with E-state index in [2.05, 4.69) is 38.2 Å². The minimum absolute atomic E-state index is 1.16. The van der Waals surface area contributed by atoms with Gasteiger partial charge in [-0.05, 0) is 32.1 Å². The molecule has 0 heteroatoms. The molecule has 0 spiro atoms. The van der Waals surface area contributed by atoms with Gasteiger partial charge < -0.3 is 0 Å². The Hall–Kier alpha value is -0.780. The van der Waals surface area contributed by atoms with Crippen molar-refractivity contribution in [3.63, 3.8) is 0 Å². The van der Waals surface area contributed by atoms with Crippen LogP contribution in [0.1, 0.15) is 46.0 Å². The largest absolute Gasteiger partial charge is 0.0888 e. The molecule has 0 heterocycles. The maximum Gasteiger partial charge on any atom is -0.0130 e. The van der Waals surface area contributed by atoms with Crippen molar-refractivity contribution in [1.29, 1.82) is 0 Å². The van der Waals surface area contributed by atoms with E-state index in [4.69, 9.17) is 0 Å². The van der Waals surface area contributed by atoms with Gasteiger partial charge in [-0.3, -0.25) is 0 Å². The van der Waals surface area contributed by atoms with Crippen LogP contribution in [0.4, 0.5) is 0 Å². The van der Waals surface area contributed by atoms with E-state index in [1.165, 1.54) is 31.3 Å². The number of allylic oxidation sites excluding steroid dienone is 6. The van der Waals surface area contributed by atoms with Gasteiger partial charge in [-0.2, -0.15) is 0 Å². The molecule has 72 valence electrons. The minimum Gasteiger partial charge on any atom is -0.0888 e. The molecule has 0 amide bonds. The Balaban J connectivity index is 2.23. The van der Waals surface area contributed by atoms with E-state index in [1.807, 2.05) is 0 Å². The Morgan fingerprint density at radius 3 is 2.77 bits per heavy atom. The molecule has 0 bridgehead atoms. The van der Waals surface area contributed by atoms with Crippen molar-refractivity contribution >= 4 is 0 Å². The van der Waals surface area contributed by atoms with E-state index in [1.54, 1.807) is 5.57 Å². The summed E-state index contributed by atoms with van der Waals surface area (Å²) in [5.74, 6) is 0. The van der Waals surface area contributed by atoms with Gasteiger partial charge in [-0.25, -0.2) is 0 Å². The monoisotopic (exact) mass is 176 g/mol. The van der Waals surface area contributed by atoms with Gasteiger partial charge in [0.2, 0.25) is 0 Å². The van der Waals surface area contributed by atoms with Crippen LogP contribution in [0.3, 0.4) is 0 Å². The first-order valence-electron chi connectivity index (χ1n) is 5.40. The zero-order valence-corrected chi connectivity index (χ0v) is 8.84. The lowest BCUT2D eigenvalue weighted by molar-refractivity contribution is 0.998. The van der Waals surface area contributed by atoms with Crippen LogP contribution in [0.25, 0.3) is 0 Å². The van der Waals surface area contributed by atoms with Gasteiger partial charge in [-0.15, -0.1) is 0 Å². The van der Waals surface area contributed by atoms with Crippen LogP contribution in [0.15, 0.2) is 35.5 Å². The fraction of sp³-hybridized carbons (Fsp3) is 0.538. The van der Waals surface area contributed by atoms with Crippen LogP contribution in [0.2, 0.25) is 0 Å². The molecule has 0 N–H and O–H groups in total. The lowest BCUT2D eigenvalue weighted by atomic mass is 10.1. The van der Waals surface area contributed by atoms with Crippen molar-refractivity contribution in [1.82, 2.24) is 0 Å². The fourth-order valence-corrected chi connectivity index (χ4v) is 1.60. The summed E-state index contributed by atoms with van der Waals surface area (Å²) in [7, 11) is 0. The first kappa shape index (κ1) is 10.3. The van der Waals surface area contributed by atoms with E-state index in [9.17, 15) is 0 Å². The summed E-state index contributed by atoms with van der Waals surface area (Å²) in [4.78, 5) is 0. The van der Waals surface area contributed by atoms with E-state index in [-0.39, 0.29) is 0 Å². The molecule has 1 rings (SSSR count). The molecule has 1 aliphatic rings. The Kier molecular flexibility index (Phi) is 4.59. The predicted molar refractivity (Wildman–Crippen MR) is 59.7 cm³/mol. The summed E-state index contributed by atoms with van der Waals surface area (Å²) in [5.41, 5.74) is 3.13.